The first-order valence-electron chi connectivity index (χ1n) is 6.65. The van der Waals surface area contributed by atoms with Crippen molar-refractivity contribution in [1.29, 1.82) is 0 Å². The lowest BCUT2D eigenvalue weighted by Crippen LogP contribution is -2.60. The Morgan fingerprint density at radius 3 is 2.42 bits per heavy atom. The lowest BCUT2D eigenvalue weighted by molar-refractivity contribution is -0.145. The van der Waals surface area contributed by atoms with Crippen LogP contribution in [0.25, 0.3) is 0 Å². The van der Waals surface area contributed by atoms with Gasteiger partial charge in [-0.2, -0.15) is 0 Å². The number of hydrogen-bond acceptors (Lipinski definition) is 4. The molecule has 0 saturated carbocycles. The summed E-state index contributed by atoms with van der Waals surface area (Å²) in [5, 5.41) is 9.12. The van der Waals surface area contributed by atoms with E-state index < -0.39 is 29.6 Å². The third-order valence-corrected chi connectivity index (χ3v) is 3.35. The van der Waals surface area contributed by atoms with Gasteiger partial charge in [0.05, 0.1) is 12.0 Å². The quantitative estimate of drug-likeness (QED) is 0.793. The topological polar surface area (TPSA) is 92.9 Å². The molecule has 1 amide bonds. The predicted molar refractivity (Wildman–Crippen MR) is 70.7 cm³/mol. The molecule has 1 fully saturated rings. The van der Waals surface area contributed by atoms with Crippen molar-refractivity contribution < 1.29 is 19.4 Å². The van der Waals surface area contributed by atoms with E-state index in [9.17, 15) is 9.59 Å². The Morgan fingerprint density at radius 2 is 2.00 bits per heavy atom. The van der Waals surface area contributed by atoms with Crippen molar-refractivity contribution in [3.8, 4) is 0 Å². The van der Waals surface area contributed by atoms with E-state index in [-0.39, 0.29) is 6.04 Å². The molecule has 6 heteroatoms. The van der Waals surface area contributed by atoms with Crippen molar-refractivity contribution in [2.24, 2.45) is 11.7 Å². The number of carboxylic acids is 1. The number of carbonyl (C=O) groups is 2. The van der Waals surface area contributed by atoms with Gasteiger partial charge in [-0.15, -0.1) is 0 Å². The maximum Gasteiger partial charge on any atom is 0.410 e. The van der Waals surface area contributed by atoms with Crippen LogP contribution >= 0.6 is 0 Å². The summed E-state index contributed by atoms with van der Waals surface area (Å²) in [4.78, 5) is 24.8. The molecule has 1 heterocycles. The Hall–Kier alpha value is -1.30. The van der Waals surface area contributed by atoms with Gasteiger partial charge in [0.2, 0.25) is 0 Å². The van der Waals surface area contributed by atoms with Gasteiger partial charge in [-0.3, -0.25) is 4.79 Å². The van der Waals surface area contributed by atoms with E-state index in [1.807, 2.05) is 6.92 Å². The molecule has 0 radical (unpaired) electrons. The molecule has 0 aromatic rings. The molecule has 1 aliphatic heterocycles. The van der Waals surface area contributed by atoms with Crippen molar-refractivity contribution in [2.45, 2.75) is 58.2 Å². The molecule has 3 N–H and O–H groups in total. The highest BCUT2D eigenvalue weighted by molar-refractivity contribution is 5.73. The SMILES string of the molecule is CCC1C(N)C(C(=O)O)CCN1C(=O)OC(C)(C)C. The molecule has 1 aliphatic rings. The Kier molecular flexibility index (Phi) is 4.79. The zero-order valence-corrected chi connectivity index (χ0v) is 12.0. The number of piperidine rings is 1. The Balaban J connectivity index is 2.81. The van der Waals surface area contributed by atoms with Crippen LogP contribution in [-0.2, 0) is 9.53 Å². The maximum absolute atomic E-state index is 12.1. The van der Waals surface area contributed by atoms with E-state index in [2.05, 4.69) is 0 Å². The Labute approximate surface area is 113 Å². The molecule has 19 heavy (non-hydrogen) atoms. The zero-order valence-electron chi connectivity index (χ0n) is 12.0. The van der Waals surface area contributed by atoms with Gasteiger partial charge >= 0.3 is 12.1 Å². The number of aliphatic carboxylic acids is 1. The maximum atomic E-state index is 12.1. The van der Waals surface area contributed by atoms with Crippen molar-refractivity contribution in [3.63, 3.8) is 0 Å². The number of ether oxygens (including phenoxy) is 1. The number of carboxylic acid groups (broad SMARTS) is 1. The van der Waals surface area contributed by atoms with E-state index >= 15 is 0 Å². The number of likely N-dealkylation sites (tertiary alicyclic amines) is 1. The third kappa shape index (κ3) is 3.83. The molecule has 0 aromatic heterocycles. The molecular weight excluding hydrogens is 248 g/mol. The molecule has 0 aliphatic carbocycles. The number of rotatable bonds is 2. The molecule has 110 valence electrons. The van der Waals surface area contributed by atoms with E-state index in [1.54, 1.807) is 25.7 Å². The van der Waals surface area contributed by atoms with Gasteiger partial charge in [-0.25, -0.2) is 4.79 Å². The van der Waals surface area contributed by atoms with E-state index in [1.165, 1.54) is 0 Å². The first-order valence-corrected chi connectivity index (χ1v) is 6.65. The first kappa shape index (κ1) is 15.8. The Morgan fingerprint density at radius 1 is 1.42 bits per heavy atom. The highest BCUT2D eigenvalue weighted by Gasteiger charge is 2.41. The number of nitrogens with zero attached hydrogens (tertiary/aromatic N) is 1. The van der Waals surface area contributed by atoms with E-state index in [0.717, 1.165) is 0 Å². The Bertz CT molecular complexity index is 351. The van der Waals surface area contributed by atoms with Gasteiger partial charge in [-0.1, -0.05) is 6.92 Å². The average Bonchev–Trinajstić information content (AvgIpc) is 2.25. The predicted octanol–water partition coefficient (Wildman–Crippen LogP) is 1.43. The monoisotopic (exact) mass is 272 g/mol. The summed E-state index contributed by atoms with van der Waals surface area (Å²) in [5.41, 5.74) is 5.43. The van der Waals surface area contributed by atoms with Crippen LogP contribution in [0.4, 0.5) is 4.79 Å². The summed E-state index contributed by atoms with van der Waals surface area (Å²) in [6, 6.07) is -0.839. The highest BCUT2D eigenvalue weighted by Crippen LogP contribution is 2.26. The zero-order chi connectivity index (χ0) is 14.8. The number of carbonyl (C=O) groups excluding carboxylic acids is 1. The van der Waals surface area contributed by atoms with Crippen molar-refractivity contribution in [3.05, 3.63) is 0 Å². The number of amides is 1. The molecule has 6 nitrogen and oxygen atoms in total. The summed E-state index contributed by atoms with van der Waals surface area (Å²) < 4.78 is 5.34. The van der Waals surface area contributed by atoms with Gasteiger partial charge in [-0.05, 0) is 33.6 Å². The minimum Gasteiger partial charge on any atom is -0.481 e. The van der Waals surface area contributed by atoms with Crippen LogP contribution in [0.15, 0.2) is 0 Å². The number of nitrogens with two attached hydrogens (primary N) is 1. The van der Waals surface area contributed by atoms with Gasteiger partial charge in [0.1, 0.15) is 5.60 Å². The van der Waals surface area contributed by atoms with Crippen LogP contribution in [0, 0.1) is 5.92 Å². The van der Waals surface area contributed by atoms with Gasteiger partial charge in [0.15, 0.2) is 0 Å². The van der Waals surface area contributed by atoms with Crippen LogP contribution in [0.5, 0.6) is 0 Å². The van der Waals surface area contributed by atoms with Crippen LogP contribution in [-0.4, -0.2) is 46.3 Å². The summed E-state index contributed by atoms with van der Waals surface area (Å²) >= 11 is 0. The summed E-state index contributed by atoms with van der Waals surface area (Å²) in [7, 11) is 0. The molecule has 1 saturated heterocycles. The second-order valence-electron chi connectivity index (χ2n) is 5.96. The van der Waals surface area contributed by atoms with Gasteiger partial charge < -0.3 is 20.5 Å². The molecule has 0 aromatic carbocycles. The lowest BCUT2D eigenvalue weighted by Gasteiger charge is -2.42. The van der Waals surface area contributed by atoms with E-state index in [4.69, 9.17) is 15.6 Å². The first-order chi connectivity index (χ1) is 8.67. The lowest BCUT2D eigenvalue weighted by atomic mass is 9.85. The van der Waals surface area contributed by atoms with Gasteiger partial charge in [0.25, 0.3) is 0 Å². The molecule has 1 rings (SSSR count). The van der Waals surface area contributed by atoms with Crippen molar-refractivity contribution in [2.75, 3.05) is 6.54 Å². The summed E-state index contributed by atoms with van der Waals surface area (Å²) in [5.74, 6) is -1.49. The second-order valence-corrected chi connectivity index (χ2v) is 5.96. The van der Waals surface area contributed by atoms with Crippen LogP contribution in [0.3, 0.4) is 0 Å². The molecular formula is C13H24N2O4. The van der Waals surface area contributed by atoms with Crippen molar-refractivity contribution >= 4 is 12.1 Å². The third-order valence-electron chi connectivity index (χ3n) is 3.35. The van der Waals surface area contributed by atoms with Crippen LogP contribution in [0.1, 0.15) is 40.5 Å². The molecule has 3 atom stereocenters. The van der Waals surface area contributed by atoms with Crippen LogP contribution < -0.4 is 5.73 Å². The smallest absolute Gasteiger partial charge is 0.410 e. The fourth-order valence-corrected chi connectivity index (χ4v) is 2.44. The minimum atomic E-state index is -0.894. The van der Waals surface area contributed by atoms with Gasteiger partial charge in [0, 0.05) is 12.6 Å². The molecule has 0 bridgehead atoms. The number of hydrogen-bond donors (Lipinski definition) is 2. The fraction of sp³-hybridized carbons (Fsp3) is 0.846. The normalized spacial score (nSPS) is 28.1. The minimum absolute atomic E-state index is 0.287. The largest absolute Gasteiger partial charge is 0.481 e. The van der Waals surface area contributed by atoms with Crippen LogP contribution in [0.2, 0.25) is 0 Å². The highest BCUT2D eigenvalue weighted by atomic mass is 16.6. The average molecular weight is 272 g/mol. The van der Waals surface area contributed by atoms with Crippen molar-refractivity contribution in [1.82, 2.24) is 4.90 Å². The molecule has 0 spiro atoms. The summed E-state index contributed by atoms with van der Waals surface area (Å²) in [6.45, 7) is 7.67. The van der Waals surface area contributed by atoms with E-state index in [0.29, 0.717) is 19.4 Å². The fourth-order valence-electron chi connectivity index (χ4n) is 2.44. The second kappa shape index (κ2) is 5.77. The molecule has 3 unspecified atom stereocenters. The summed E-state index contributed by atoms with van der Waals surface area (Å²) in [6.07, 6.45) is 0.565. The standard InChI is InChI=1S/C13H24N2O4/c1-5-9-10(14)8(11(16)17)6-7-15(9)12(18)19-13(2,3)4/h8-10H,5-7,14H2,1-4H3,(H,16,17).